The van der Waals surface area contributed by atoms with Gasteiger partial charge in [0.2, 0.25) is 0 Å². The Morgan fingerprint density at radius 3 is 2.81 bits per heavy atom. The lowest BCUT2D eigenvalue weighted by atomic mass is 9.53. The molecule has 5 nitrogen and oxygen atoms in total. The highest BCUT2D eigenvalue weighted by molar-refractivity contribution is 5.85. The first-order valence-corrected chi connectivity index (χ1v) is 10.9. The summed E-state index contributed by atoms with van der Waals surface area (Å²) in [6.07, 6.45) is 5.51. The van der Waals surface area contributed by atoms with Gasteiger partial charge in [-0.15, -0.1) is 24.8 Å². The molecule has 2 aliphatic heterocycles. The number of rotatable bonds is 4. The Balaban J connectivity index is 0.00000122. The van der Waals surface area contributed by atoms with E-state index in [4.69, 9.17) is 9.47 Å². The lowest BCUT2D eigenvalue weighted by molar-refractivity contribution is -0.0449. The van der Waals surface area contributed by atoms with Gasteiger partial charge in [0.25, 0.3) is 0 Å². The van der Waals surface area contributed by atoms with Crippen LogP contribution in [0, 0.1) is 5.92 Å². The number of benzene rings is 2. The molecule has 7 heteroatoms. The third-order valence-corrected chi connectivity index (χ3v) is 7.83. The molecule has 2 aromatic carbocycles. The molecule has 2 heterocycles. The van der Waals surface area contributed by atoms with Crippen LogP contribution in [0.25, 0.3) is 0 Å². The predicted octanol–water partition coefficient (Wildman–Crippen LogP) is 3.96. The molecule has 2 aliphatic carbocycles. The summed E-state index contributed by atoms with van der Waals surface area (Å²) in [5, 5.41) is 14.5. The van der Waals surface area contributed by atoms with Crippen LogP contribution in [-0.2, 0) is 18.4 Å². The van der Waals surface area contributed by atoms with Gasteiger partial charge in [-0.05, 0) is 44.1 Å². The highest BCUT2D eigenvalue weighted by atomic mass is 35.5. The fourth-order valence-corrected chi connectivity index (χ4v) is 6.43. The molecular weight excluding hydrogens is 447 g/mol. The topological polar surface area (TPSA) is 54.0 Å². The number of likely N-dealkylation sites (N-methyl/N-ethyl adjacent to an activating group) is 1. The highest BCUT2D eigenvalue weighted by Gasteiger charge is 2.64. The maximum Gasteiger partial charge on any atom is 0.147 e. The van der Waals surface area contributed by atoms with E-state index in [-0.39, 0.29) is 36.3 Å². The van der Waals surface area contributed by atoms with Crippen molar-refractivity contribution in [1.82, 2.24) is 4.90 Å². The van der Waals surface area contributed by atoms with Gasteiger partial charge < -0.3 is 24.8 Å². The van der Waals surface area contributed by atoms with Gasteiger partial charge in [-0.1, -0.05) is 36.4 Å². The highest BCUT2D eigenvalue weighted by Crippen LogP contribution is 2.62. The first-order valence-electron chi connectivity index (χ1n) is 10.9. The molecule has 1 spiro atoms. The quantitative estimate of drug-likeness (QED) is 0.654. The number of nitrogens with zero attached hydrogens (tertiary/aromatic N) is 1. The van der Waals surface area contributed by atoms with E-state index < -0.39 is 6.10 Å². The number of methoxy groups -OCH3 is 1. The number of para-hydroxylation sites is 1. The molecule has 6 rings (SSSR count). The minimum atomic E-state index is -0.564. The zero-order chi connectivity index (χ0) is 20.5. The summed E-state index contributed by atoms with van der Waals surface area (Å²) >= 11 is 0. The number of piperidine rings is 1. The van der Waals surface area contributed by atoms with Crippen molar-refractivity contribution in [2.45, 2.75) is 43.1 Å². The normalized spacial score (nSPS) is 31.0. The second-order valence-corrected chi connectivity index (χ2v) is 9.12. The van der Waals surface area contributed by atoms with Gasteiger partial charge in [-0.3, -0.25) is 0 Å². The number of ether oxygens (including phenoxy) is 2. The van der Waals surface area contributed by atoms with E-state index in [1.165, 1.54) is 11.1 Å². The number of nitrogens with one attached hydrogen (secondary N) is 1. The molecule has 2 bridgehead atoms. The Hall–Kier alpha value is -1.92. The van der Waals surface area contributed by atoms with E-state index in [0.717, 1.165) is 42.1 Å². The lowest BCUT2D eigenvalue weighted by Gasteiger charge is -2.56. The molecular formula is C25H30Cl2N2O3. The molecule has 0 radical (unpaired) electrons. The van der Waals surface area contributed by atoms with E-state index >= 15 is 0 Å². The summed E-state index contributed by atoms with van der Waals surface area (Å²) in [5.41, 5.74) is 4.72. The van der Waals surface area contributed by atoms with Crippen molar-refractivity contribution in [3.05, 3.63) is 65.2 Å². The van der Waals surface area contributed by atoms with Crippen molar-refractivity contribution in [3.63, 3.8) is 0 Å². The van der Waals surface area contributed by atoms with Crippen LogP contribution < -0.4 is 14.8 Å². The molecule has 1 fully saturated rings. The fraction of sp³-hybridized carbons (Fsp3) is 0.440. The largest absolute Gasteiger partial charge is 0.496 e. The summed E-state index contributed by atoms with van der Waals surface area (Å²) in [4.78, 5) is 2.49. The molecule has 5 atom stereocenters. The SMILES string of the molecule is COc1ccccc1CNc1ccc2c3c1O[C@H]1[C@@H](O)C=C[C@H]4[C@@H](C2)N(C)CC[C@@]341.Cl.Cl. The van der Waals surface area contributed by atoms with Crippen LogP contribution in [0.5, 0.6) is 11.5 Å². The van der Waals surface area contributed by atoms with Gasteiger partial charge in [0, 0.05) is 35.0 Å². The van der Waals surface area contributed by atoms with Crippen LogP contribution in [0.2, 0.25) is 0 Å². The minimum Gasteiger partial charge on any atom is -0.496 e. The Morgan fingerprint density at radius 1 is 1.19 bits per heavy atom. The summed E-state index contributed by atoms with van der Waals surface area (Å²) < 4.78 is 12.1. The maximum atomic E-state index is 10.9. The molecule has 0 amide bonds. The van der Waals surface area contributed by atoms with Gasteiger partial charge in [0.05, 0.1) is 12.8 Å². The molecule has 1 saturated heterocycles. The van der Waals surface area contributed by atoms with E-state index in [1.807, 2.05) is 24.3 Å². The average molecular weight is 477 g/mol. The summed E-state index contributed by atoms with van der Waals surface area (Å²) in [6, 6.07) is 13.0. The first kappa shape index (κ1) is 23.2. The van der Waals surface area contributed by atoms with Crippen LogP contribution in [0.3, 0.4) is 0 Å². The van der Waals surface area contributed by atoms with Crippen molar-refractivity contribution in [3.8, 4) is 11.5 Å². The van der Waals surface area contributed by atoms with Gasteiger partial charge in [0.15, 0.2) is 0 Å². The van der Waals surface area contributed by atoms with Gasteiger partial charge in [-0.2, -0.15) is 0 Å². The molecule has 32 heavy (non-hydrogen) atoms. The number of halogens is 2. The molecule has 0 saturated carbocycles. The third-order valence-electron chi connectivity index (χ3n) is 7.83. The van der Waals surface area contributed by atoms with Crippen molar-refractivity contribution in [1.29, 1.82) is 0 Å². The van der Waals surface area contributed by atoms with Crippen LogP contribution in [0.1, 0.15) is 23.1 Å². The second kappa shape index (κ2) is 8.45. The lowest BCUT2D eigenvalue weighted by Crippen LogP contribution is -2.64. The second-order valence-electron chi connectivity index (χ2n) is 9.12. The smallest absolute Gasteiger partial charge is 0.147 e. The maximum absolute atomic E-state index is 10.9. The van der Waals surface area contributed by atoms with Gasteiger partial charge in [-0.25, -0.2) is 0 Å². The van der Waals surface area contributed by atoms with Crippen molar-refractivity contribution in [2.24, 2.45) is 5.92 Å². The Kier molecular flexibility index (Phi) is 6.14. The fourth-order valence-electron chi connectivity index (χ4n) is 6.43. The number of anilines is 1. The summed E-state index contributed by atoms with van der Waals surface area (Å²) in [5.74, 6) is 2.22. The van der Waals surface area contributed by atoms with Crippen molar-refractivity contribution >= 4 is 30.5 Å². The minimum absolute atomic E-state index is 0. The van der Waals surface area contributed by atoms with Crippen molar-refractivity contribution < 1.29 is 14.6 Å². The molecule has 2 N–H and O–H groups in total. The predicted molar refractivity (Wildman–Crippen MR) is 131 cm³/mol. The van der Waals surface area contributed by atoms with Crippen LogP contribution >= 0.6 is 24.8 Å². The van der Waals surface area contributed by atoms with Gasteiger partial charge in [0.1, 0.15) is 23.7 Å². The summed E-state index contributed by atoms with van der Waals surface area (Å²) in [6.45, 7) is 1.70. The Labute approximate surface area is 201 Å². The van der Waals surface area contributed by atoms with Gasteiger partial charge >= 0.3 is 0 Å². The van der Waals surface area contributed by atoms with Crippen molar-refractivity contribution in [2.75, 3.05) is 26.0 Å². The first-order chi connectivity index (χ1) is 14.6. The van der Waals surface area contributed by atoms with E-state index in [1.54, 1.807) is 7.11 Å². The van der Waals surface area contributed by atoms with E-state index in [0.29, 0.717) is 18.5 Å². The third kappa shape index (κ3) is 3.06. The van der Waals surface area contributed by atoms with E-state index in [2.05, 4.69) is 41.5 Å². The number of hydrogen-bond acceptors (Lipinski definition) is 5. The Bertz CT molecular complexity index is 1050. The zero-order valence-electron chi connectivity index (χ0n) is 18.3. The van der Waals surface area contributed by atoms with Crippen LogP contribution in [-0.4, -0.2) is 49.0 Å². The zero-order valence-corrected chi connectivity index (χ0v) is 19.9. The molecule has 4 aliphatic rings. The number of hydrogen-bond donors (Lipinski definition) is 2. The molecule has 2 aromatic rings. The molecule has 0 unspecified atom stereocenters. The Morgan fingerprint density at radius 2 is 2.00 bits per heavy atom. The average Bonchev–Trinajstić information content (AvgIpc) is 3.12. The monoisotopic (exact) mass is 476 g/mol. The van der Waals surface area contributed by atoms with E-state index in [9.17, 15) is 5.11 Å². The van der Waals surface area contributed by atoms with Crippen LogP contribution in [0.4, 0.5) is 5.69 Å². The molecule has 0 aromatic heterocycles. The number of aliphatic hydroxyl groups is 1. The number of likely N-dealkylation sites (tertiary alicyclic amines) is 1. The number of aliphatic hydroxyl groups excluding tert-OH is 1. The van der Waals surface area contributed by atoms with Crippen LogP contribution in [0.15, 0.2) is 48.6 Å². The molecule has 172 valence electrons. The summed E-state index contributed by atoms with van der Waals surface area (Å²) in [7, 11) is 3.94. The standard InChI is InChI=1S/C25H28N2O3.2ClH/c1-27-12-11-25-17-8-10-20(28)24(25)30-23-18(9-7-15(22(23)25)13-19(17)27)26-14-16-5-3-4-6-21(16)29-2;;/h3-10,17,19-20,24,26,28H,11-14H2,1-2H3;2*1H/t17-,19+,20-,24-,25-;;/m0../s1.